The summed E-state index contributed by atoms with van der Waals surface area (Å²) in [4.78, 5) is 0. The SMILES string of the molecule is CC(NCCOCC(F)(F)F)c1ccc(Cl)cc1Cl. The van der Waals surface area contributed by atoms with Crippen LogP contribution in [0.25, 0.3) is 0 Å². The molecule has 0 saturated heterocycles. The van der Waals surface area contributed by atoms with Crippen LogP contribution in [0.1, 0.15) is 18.5 Å². The number of ether oxygens (including phenoxy) is 1. The molecule has 0 aliphatic heterocycles. The largest absolute Gasteiger partial charge is 0.411 e. The fourth-order valence-electron chi connectivity index (χ4n) is 1.50. The second-order valence-electron chi connectivity index (χ2n) is 4.01. The molecule has 1 aromatic carbocycles. The van der Waals surface area contributed by atoms with Gasteiger partial charge in [0.05, 0.1) is 6.61 Å². The number of rotatable bonds is 6. The van der Waals surface area contributed by atoms with Gasteiger partial charge in [0.25, 0.3) is 0 Å². The van der Waals surface area contributed by atoms with Crippen LogP contribution in [-0.4, -0.2) is 25.9 Å². The van der Waals surface area contributed by atoms with Crippen LogP contribution in [0.2, 0.25) is 10.0 Å². The summed E-state index contributed by atoms with van der Waals surface area (Å²) in [6.45, 7) is 0.912. The van der Waals surface area contributed by atoms with Gasteiger partial charge in [-0.2, -0.15) is 13.2 Å². The maximum Gasteiger partial charge on any atom is 0.411 e. The Morgan fingerprint density at radius 2 is 2.00 bits per heavy atom. The molecule has 108 valence electrons. The highest BCUT2D eigenvalue weighted by molar-refractivity contribution is 6.35. The van der Waals surface area contributed by atoms with Crippen molar-refractivity contribution in [2.24, 2.45) is 0 Å². The Balaban J connectivity index is 2.33. The van der Waals surface area contributed by atoms with Crippen molar-refractivity contribution >= 4 is 23.2 Å². The minimum absolute atomic E-state index is 0.0188. The standard InChI is InChI=1S/C12H14Cl2F3NO/c1-8(10-3-2-9(13)6-11(10)14)18-4-5-19-7-12(15,16)17/h2-3,6,8,18H,4-5,7H2,1H3. The first-order valence-electron chi connectivity index (χ1n) is 5.62. The summed E-state index contributed by atoms with van der Waals surface area (Å²) in [7, 11) is 0. The number of halogens is 5. The predicted octanol–water partition coefficient (Wildman–Crippen LogP) is 4.22. The number of benzene rings is 1. The molecule has 0 aliphatic rings. The molecule has 0 spiro atoms. The van der Waals surface area contributed by atoms with Crippen molar-refractivity contribution in [2.45, 2.75) is 19.1 Å². The quantitative estimate of drug-likeness (QED) is 0.793. The van der Waals surface area contributed by atoms with Crippen LogP contribution in [0.15, 0.2) is 18.2 Å². The molecular weight excluding hydrogens is 302 g/mol. The lowest BCUT2D eigenvalue weighted by atomic mass is 10.1. The minimum atomic E-state index is -4.29. The van der Waals surface area contributed by atoms with Crippen molar-refractivity contribution in [1.82, 2.24) is 5.32 Å². The molecule has 19 heavy (non-hydrogen) atoms. The molecule has 0 radical (unpaired) electrons. The van der Waals surface area contributed by atoms with Gasteiger partial charge in [-0.1, -0.05) is 29.3 Å². The van der Waals surface area contributed by atoms with Crippen LogP contribution in [0.5, 0.6) is 0 Å². The van der Waals surface area contributed by atoms with Gasteiger partial charge in [0.2, 0.25) is 0 Å². The molecule has 1 atom stereocenters. The molecule has 0 amide bonds. The molecule has 0 bridgehead atoms. The molecule has 1 N–H and O–H groups in total. The normalized spacial score (nSPS) is 13.6. The maximum atomic E-state index is 11.8. The summed E-state index contributed by atoms with van der Waals surface area (Å²) in [6, 6.07) is 5.01. The van der Waals surface area contributed by atoms with Crippen LogP contribution in [-0.2, 0) is 4.74 Å². The van der Waals surface area contributed by atoms with Gasteiger partial charge in [-0.25, -0.2) is 0 Å². The molecular formula is C12H14Cl2F3NO. The summed E-state index contributed by atoms with van der Waals surface area (Å²) in [5, 5.41) is 4.08. The number of nitrogens with one attached hydrogen (secondary N) is 1. The van der Waals surface area contributed by atoms with Crippen molar-refractivity contribution in [3.8, 4) is 0 Å². The third-order valence-electron chi connectivity index (χ3n) is 2.39. The molecule has 0 heterocycles. The van der Waals surface area contributed by atoms with Gasteiger partial charge in [-0.3, -0.25) is 0 Å². The van der Waals surface area contributed by atoms with Gasteiger partial charge < -0.3 is 10.1 Å². The highest BCUT2D eigenvalue weighted by Gasteiger charge is 2.27. The van der Waals surface area contributed by atoms with Crippen molar-refractivity contribution < 1.29 is 17.9 Å². The first kappa shape index (κ1) is 16.6. The van der Waals surface area contributed by atoms with E-state index >= 15 is 0 Å². The third-order valence-corrected chi connectivity index (χ3v) is 2.95. The van der Waals surface area contributed by atoms with Crippen LogP contribution >= 0.6 is 23.2 Å². The van der Waals surface area contributed by atoms with Gasteiger partial charge in [0.15, 0.2) is 0 Å². The lowest BCUT2D eigenvalue weighted by Crippen LogP contribution is -2.26. The second-order valence-corrected chi connectivity index (χ2v) is 4.85. The summed E-state index contributed by atoms with van der Waals surface area (Å²) in [5.41, 5.74) is 0.835. The van der Waals surface area contributed by atoms with Crippen LogP contribution in [0.3, 0.4) is 0 Å². The lowest BCUT2D eigenvalue weighted by molar-refractivity contribution is -0.173. The molecule has 2 nitrogen and oxygen atoms in total. The molecule has 0 aromatic heterocycles. The second kappa shape index (κ2) is 7.33. The van der Waals surface area contributed by atoms with Gasteiger partial charge in [0, 0.05) is 22.6 Å². The van der Waals surface area contributed by atoms with E-state index in [0.717, 1.165) is 5.56 Å². The van der Waals surface area contributed by atoms with E-state index in [-0.39, 0.29) is 12.6 Å². The van der Waals surface area contributed by atoms with E-state index in [1.54, 1.807) is 18.2 Å². The third kappa shape index (κ3) is 6.47. The number of alkyl halides is 3. The summed E-state index contributed by atoms with van der Waals surface area (Å²) >= 11 is 11.8. The van der Waals surface area contributed by atoms with Crippen molar-refractivity contribution in [3.63, 3.8) is 0 Å². The summed E-state index contributed by atoms with van der Waals surface area (Å²) in [6.07, 6.45) is -4.29. The Morgan fingerprint density at radius 1 is 1.32 bits per heavy atom. The fraction of sp³-hybridized carbons (Fsp3) is 0.500. The maximum absolute atomic E-state index is 11.8. The van der Waals surface area contributed by atoms with Gasteiger partial charge in [-0.15, -0.1) is 0 Å². The monoisotopic (exact) mass is 315 g/mol. The highest BCUT2D eigenvalue weighted by Crippen LogP contribution is 2.25. The first-order chi connectivity index (χ1) is 8.79. The molecule has 1 rings (SSSR count). The van der Waals surface area contributed by atoms with Crippen molar-refractivity contribution in [3.05, 3.63) is 33.8 Å². The average molecular weight is 316 g/mol. The molecule has 1 aromatic rings. The highest BCUT2D eigenvalue weighted by atomic mass is 35.5. The zero-order valence-corrected chi connectivity index (χ0v) is 11.7. The molecule has 0 fully saturated rings. The van der Waals surface area contributed by atoms with E-state index in [0.29, 0.717) is 16.6 Å². The van der Waals surface area contributed by atoms with Crippen molar-refractivity contribution in [2.75, 3.05) is 19.8 Å². The van der Waals surface area contributed by atoms with E-state index in [1.807, 2.05) is 6.92 Å². The van der Waals surface area contributed by atoms with E-state index in [2.05, 4.69) is 10.1 Å². The number of hydrogen-bond acceptors (Lipinski definition) is 2. The predicted molar refractivity (Wildman–Crippen MR) is 69.8 cm³/mol. The van der Waals surface area contributed by atoms with E-state index in [1.165, 1.54) is 0 Å². The van der Waals surface area contributed by atoms with Gasteiger partial charge >= 0.3 is 6.18 Å². The zero-order valence-electron chi connectivity index (χ0n) is 10.2. The molecule has 0 aliphatic carbocycles. The fourth-order valence-corrected chi connectivity index (χ4v) is 2.07. The van der Waals surface area contributed by atoms with E-state index in [9.17, 15) is 13.2 Å². The topological polar surface area (TPSA) is 21.3 Å². The van der Waals surface area contributed by atoms with Crippen LogP contribution in [0.4, 0.5) is 13.2 Å². The Kier molecular flexibility index (Phi) is 6.39. The van der Waals surface area contributed by atoms with E-state index < -0.39 is 12.8 Å². The Labute approximate surface area is 119 Å². The summed E-state index contributed by atoms with van der Waals surface area (Å²) in [5.74, 6) is 0. The molecule has 0 saturated carbocycles. The van der Waals surface area contributed by atoms with Crippen molar-refractivity contribution in [1.29, 1.82) is 0 Å². The molecule has 1 unspecified atom stereocenters. The van der Waals surface area contributed by atoms with Crippen LogP contribution in [0, 0.1) is 0 Å². The molecule has 7 heteroatoms. The summed E-state index contributed by atoms with van der Waals surface area (Å²) < 4.78 is 40.0. The van der Waals surface area contributed by atoms with Crippen LogP contribution < -0.4 is 5.32 Å². The smallest absolute Gasteiger partial charge is 0.371 e. The first-order valence-corrected chi connectivity index (χ1v) is 6.38. The minimum Gasteiger partial charge on any atom is -0.371 e. The number of hydrogen-bond donors (Lipinski definition) is 1. The zero-order chi connectivity index (χ0) is 14.5. The Hall–Kier alpha value is -0.490. The van der Waals surface area contributed by atoms with Gasteiger partial charge in [-0.05, 0) is 24.6 Å². The van der Waals surface area contributed by atoms with E-state index in [4.69, 9.17) is 23.2 Å². The Bertz CT molecular complexity index is 412. The Morgan fingerprint density at radius 3 is 2.58 bits per heavy atom. The lowest BCUT2D eigenvalue weighted by Gasteiger charge is -2.16. The average Bonchev–Trinajstić information content (AvgIpc) is 2.26. The van der Waals surface area contributed by atoms with Gasteiger partial charge in [0.1, 0.15) is 6.61 Å².